The first-order valence-corrected chi connectivity index (χ1v) is 9.10. The van der Waals surface area contributed by atoms with Crippen LogP contribution in [0.3, 0.4) is 0 Å². The number of fused-ring (bicyclic) bond motifs is 1. The molecule has 1 aromatic heterocycles. The molecule has 27 heavy (non-hydrogen) atoms. The molecule has 0 radical (unpaired) electrons. The van der Waals surface area contributed by atoms with Gasteiger partial charge in [0, 0.05) is 32.4 Å². The summed E-state index contributed by atoms with van der Waals surface area (Å²) in [4.78, 5) is 21.0. The molecule has 1 saturated heterocycles. The van der Waals surface area contributed by atoms with E-state index in [0.717, 1.165) is 10.9 Å². The largest absolute Gasteiger partial charge is 0.352 e. The highest BCUT2D eigenvalue weighted by Crippen LogP contribution is 2.19. The lowest BCUT2D eigenvalue weighted by Crippen LogP contribution is -2.49. The van der Waals surface area contributed by atoms with Gasteiger partial charge in [-0.15, -0.1) is 0 Å². The van der Waals surface area contributed by atoms with Crippen LogP contribution in [0.1, 0.15) is 11.1 Å². The summed E-state index contributed by atoms with van der Waals surface area (Å²) in [5, 5.41) is 11.6. The average molecular weight is 356 g/mol. The van der Waals surface area contributed by atoms with Crippen LogP contribution in [0.15, 0.2) is 60.8 Å². The number of piperazine rings is 1. The van der Waals surface area contributed by atoms with Gasteiger partial charge < -0.3 is 9.80 Å². The number of pyridine rings is 1. The van der Waals surface area contributed by atoms with Crippen LogP contribution < -0.4 is 4.90 Å². The van der Waals surface area contributed by atoms with Gasteiger partial charge in [0.2, 0.25) is 5.91 Å². The minimum Gasteiger partial charge on any atom is -0.352 e. The van der Waals surface area contributed by atoms with Crippen molar-refractivity contribution in [3.05, 3.63) is 71.9 Å². The topological polar surface area (TPSA) is 60.2 Å². The zero-order chi connectivity index (χ0) is 18.6. The Kier molecular flexibility index (Phi) is 4.71. The molecule has 0 unspecified atom stereocenters. The van der Waals surface area contributed by atoms with Crippen LogP contribution in [-0.2, 0) is 11.2 Å². The number of hydrogen-bond acceptors (Lipinski definition) is 4. The summed E-state index contributed by atoms with van der Waals surface area (Å²) in [7, 11) is 0. The molecule has 0 atom stereocenters. The number of nitrogens with zero attached hydrogens (tertiary/aromatic N) is 4. The Morgan fingerprint density at radius 3 is 2.56 bits per heavy atom. The van der Waals surface area contributed by atoms with E-state index >= 15 is 0 Å². The maximum absolute atomic E-state index is 12.7. The second-order valence-corrected chi connectivity index (χ2v) is 6.71. The molecule has 0 spiro atoms. The second-order valence-electron chi connectivity index (χ2n) is 6.71. The van der Waals surface area contributed by atoms with Crippen LogP contribution >= 0.6 is 0 Å². The zero-order valence-electron chi connectivity index (χ0n) is 15.0. The van der Waals surface area contributed by atoms with Crippen molar-refractivity contribution in [1.29, 1.82) is 5.26 Å². The molecule has 1 aliphatic heterocycles. The van der Waals surface area contributed by atoms with Gasteiger partial charge in [-0.05, 0) is 28.5 Å². The smallest absolute Gasteiger partial charge is 0.227 e. The van der Waals surface area contributed by atoms with Crippen LogP contribution in [0.5, 0.6) is 0 Å². The van der Waals surface area contributed by atoms with Gasteiger partial charge >= 0.3 is 0 Å². The number of carbonyl (C=O) groups excluding carboxylic acids is 1. The number of carbonyl (C=O) groups is 1. The fourth-order valence-corrected chi connectivity index (χ4v) is 3.54. The van der Waals surface area contributed by atoms with E-state index in [2.05, 4.69) is 40.2 Å². The van der Waals surface area contributed by atoms with Gasteiger partial charge in [0.05, 0.1) is 12.0 Å². The van der Waals surface area contributed by atoms with Gasteiger partial charge in [-0.3, -0.25) is 4.79 Å². The minimum absolute atomic E-state index is 0.145. The Labute approximate surface area is 158 Å². The molecule has 1 fully saturated rings. The molecule has 4 rings (SSSR count). The molecule has 2 aromatic carbocycles. The third-order valence-corrected chi connectivity index (χ3v) is 5.01. The molecule has 3 aromatic rings. The van der Waals surface area contributed by atoms with Crippen LogP contribution in [0.4, 0.5) is 5.82 Å². The van der Waals surface area contributed by atoms with Crippen molar-refractivity contribution in [3.63, 3.8) is 0 Å². The molecule has 0 aliphatic carbocycles. The maximum Gasteiger partial charge on any atom is 0.227 e. The Hall–Kier alpha value is -3.39. The van der Waals surface area contributed by atoms with Gasteiger partial charge in [0.15, 0.2) is 0 Å². The number of nitriles is 1. The number of aromatic nitrogens is 1. The van der Waals surface area contributed by atoms with E-state index in [0.29, 0.717) is 44.0 Å². The van der Waals surface area contributed by atoms with Gasteiger partial charge in [-0.2, -0.15) is 5.26 Å². The summed E-state index contributed by atoms with van der Waals surface area (Å²) in [6.45, 7) is 2.67. The van der Waals surface area contributed by atoms with Crippen molar-refractivity contribution < 1.29 is 4.79 Å². The second kappa shape index (κ2) is 7.46. The van der Waals surface area contributed by atoms with Crippen LogP contribution in [-0.4, -0.2) is 42.0 Å². The number of benzene rings is 2. The summed E-state index contributed by atoms with van der Waals surface area (Å²) in [6, 6.07) is 20.1. The van der Waals surface area contributed by atoms with E-state index in [1.807, 2.05) is 23.1 Å². The molecule has 5 heteroatoms. The molecule has 0 bridgehead atoms. The highest BCUT2D eigenvalue weighted by Gasteiger charge is 2.23. The number of amides is 1. The van der Waals surface area contributed by atoms with Crippen LogP contribution in [0, 0.1) is 11.3 Å². The summed E-state index contributed by atoms with van der Waals surface area (Å²) in [6.07, 6.45) is 2.12. The lowest BCUT2D eigenvalue weighted by Gasteiger charge is -2.35. The van der Waals surface area contributed by atoms with E-state index in [9.17, 15) is 10.1 Å². The molecular formula is C22H20N4O. The summed E-state index contributed by atoms with van der Waals surface area (Å²) in [5.41, 5.74) is 1.62. The van der Waals surface area contributed by atoms with Crippen LogP contribution in [0.2, 0.25) is 0 Å². The standard InChI is InChI=1S/C22H20N4O/c23-16-20-6-3-9-24-22(20)26-12-10-25(11-13-26)21(27)15-17-7-8-18-4-1-2-5-19(18)14-17/h1-9,14H,10-13,15H2. The normalized spacial score (nSPS) is 14.2. The first-order chi connectivity index (χ1) is 13.2. The van der Waals surface area contributed by atoms with E-state index in [1.54, 1.807) is 18.3 Å². The van der Waals surface area contributed by atoms with Crippen molar-refractivity contribution in [2.45, 2.75) is 6.42 Å². The lowest BCUT2D eigenvalue weighted by atomic mass is 10.0. The molecule has 2 heterocycles. The van der Waals surface area contributed by atoms with Gasteiger partial charge in [-0.25, -0.2) is 4.98 Å². The zero-order valence-corrected chi connectivity index (χ0v) is 15.0. The van der Waals surface area contributed by atoms with Gasteiger partial charge in [0.1, 0.15) is 11.9 Å². The molecular weight excluding hydrogens is 336 g/mol. The Bertz CT molecular complexity index is 1020. The first kappa shape index (κ1) is 17.0. The minimum atomic E-state index is 0.145. The monoisotopic (exact) mass is 356 g/mol. The Morgan fingerprint density at radius 2 is 1.78 bits per heavy atom. The SMILES string of the molecule is N#Cc1cccnc1N1CCN(C(=O)Cc2ccc3ccccc3c2)CC1. The summed E-state index contributed by atoms with van der Waals surface area (Å²) >= 11 is 0. The molecule has 0 N–H and O–H groups in total. The van der Waals surface area contributed by atoms with Gasteiger partial charge in [0.25, 0.3) is 0 Å². The van der Waals surface area contributed by atoms with Crippen molar-refractivity contribution >= 4 is 22.5 Å². The highest BCUT2D eigenvalue weighted by molar-refractivity contribution is 5.85. The first-order valence-electron chi connectivity index (χ1n) is 9.10. The summed E-state index contributed by atoms with van der Waals surface area (Å²) < 4.78 is 0. The fraction of sp³-hybridized carbons (Fsp3) is 0.227. The van der Waals surface area contributed by atoms with E-state index in [-0.39, 0.29) is 5.91 Å². The van der Waals surface area contributed by atoms with Crippen molar-refractivity contribution in [2.24, 2.45) is 0 Å². The molecule has 134 valence electrons. The number of rotatable bonds is 3. The number of hydrogen-bond donors (Lipinski definition) is 0. The van der Waals surface area contributed by atoms with Gasteiger partial charge in [-0.1, -0.05) is 42.5 Å². The third-order valence-electron chi connectivity index (χ3n) is 5.01. The van der Waals surface area contributed by atoms with E-state index in [4.69, 9.17) is 0 Å². The lowest BCUT2D eigenvalue weighted by molar-refractivity contribution is -0.130. The molecule has 1 aliphatic rings. The fourth-order valence-electron chi connectivity index (χ4n) is 3.54. The van der Waals surface area contributed by atoms with Crippen molar-refractivity contribution in [3.8, 4) is 6.07 Å². The molecule has 5 nitrogen and oxygen atoms in total. The maximum atomic E-state index is 12.7. The third kappa shape index (κ3) is 3.61. The van der Waals surface area contributed by atoms with E-state index < -0.39 is 0 Å². The van der Waals surface area contributed by atoms with Crippen molar-refractivity contribution in [1.82, 2.24) is 9.88 Å². The molecule has 0 saturated carbocycles. The highest BCUT2D eigenvalue weighted by atomic mass is 16.2. The predicted octanol–water partition coefficient (Wildman–Crippen LogP) is 3.00. The average Bonchev–Trinajstić information content (AvgIpc) is 2.73. The quantitative estimate of drug-likeness (QED) is 0.724. The Morgan fingerprint density at radius 1 is 1.00 bits per heavy atom. The number of anilines is 1. The summed E-state index contributed by atoms with van der Waals surface area (Å²) in [5.74, 6) is 0.855. The molecule has 1 amide bonds. The van der Waals surface area contributed by atoms with Crippen LogP contribution in [0.25, 0.3) is 10.8 Å². The predicted molar refractivity (Wildman–Crippen MR) is 105 cm³/mol. The Balaban J connectivity index is 1.40. The van der Waals surface area contributed by atoms with E-state index in [1.165, 1.54) is 5.39 Å². The van der Waals surface area contributed by atoms with Crippen molar-refractivity contribution in [2.75, 3.05) is 31.1 Å².